The van der Waals surface area contributed by atoms with Crippen molar-refractivity contribution in [2.75, 3.05) is 15.4 Å². The Balaban J connectivity index is 1.37. The van der Waals surface area contributed by atoms with Gasteiger partial charge in [0.25, 0.3) is 10.0 Å². The zero-order valence-corrected chi connectivity index (χ0v) is 19.1. The molecule has 0 aliphatic rings. The largest absolute Gasteiger partial charge is 0.355 e. The molecule has 0 spiro atoms. The van der Waals surface area contributed by atoms with Crippen LogP contribution in [0.1, 0.15) is 0 Å². The van der Waals surface area contributed by atoms with Crippen molar-refractivity contribution in [3.05, 3.63) is 109 Å². The summed E-state index contributed by atoms with van der Waals surface area (Å²) in [6.07, 6.45) is 4.93. The van der Waals surface area contributed by atoms with Crippen molar-refractivity contribution in [2.45, 2.75) is 4.90 Å². The number of pyridine rings is 2. The molecule has 3 aromatic carbocycles. The summed E-state index contributed by atoms with van der Waals surface area (Å²) in [4.78, 5) is 8.34. The number of anilines is 5. The molecule has 35 heavy (non-hydrogen) atoms. The first-order valence-electron chi connectivity index (χ1n) is 10.7. The van der Waals surface area contributed by atoms with E-state index >= 15 is 0 Å². The van der Waals surface area contributed by atoms with E-state index < -0.39 is 10.0 Å². The Bertz CT molecular complexity index is 1610. The van der Waals surface area contributed by atoms with Crippen LogP contribution in [0.3, 0.4) is 0 Å². The minimum atomic E-state index is -3.85. The minimum absolute atomic E-state index is 0.116. The number of nitrogens with zero attached hydrogens (tertiary/aromatic N) is 2. The molecule has 0 amide bonds. The summed E-state index contributed by atoms with van der Waals surface area (Å²) in [5.74, 6) is -0.365. The highest BCUT2D eigenvalue weighted by atomic mass is 32.2. The summed E-state index contributed by atoms with van der Waals surface area (Å²) in [5.41, 5.74) is 3.75. The van der Waals surface area contributed by atoms with E-state index in [1.54, 1.807) is 85.3 Å². The Morgan fingerprint density at radius 3 is 2.26 bits per heavy atom. The number of fused-ring (bicyclic) bond motifs is 1. The van der Waals surface area contributed by atoms with Gasteiger partial charge in [-0.1, -0.05) is 12.1 Å². The average molecular weight is 486 g/mol. The van der Waals surface area contributed by atoms with E-state index in [-0.39, 0.29) is 10.7 Å². The van der Waals surface area contributed by atoms with Crippen molar-refractivity contribution in [2.24, 2.45) is 0 Å². The first kappa shape index (κ1) is 22.3. The van der Waals surface area contributed by atoms with Crippen molar-refractivity contribution in [3.8, 4) is 0 Å². The zero-order valence-electron chi connectivity index (χ0n) is 18.3. The monoisotopic (exact) mass is 485 g/mol. The summed E-state index contributed by atoms with van der Waals surface area (Å²) in [7, 11) is -3.85. The van der Waals surface area contributed by atoms with Crippen molar-refractivity contribution >= 4 is 49.4 Å². The number of aromatic nitrogens is 2. The smallest absolute Gasteiger partial charge is 0.261 e. The number of nitrogens with one attached hydrogen (secondary N) is 3. The quantitative estimate of drug-likeness (QED) is 0.259. The molecule has 5 aromatic rings. The molecule has 7 nitrogen and oxygen atoms in total. The summed E-state index contributed by atoms with van der Waals surface area (Å²) < 4.78 is 42.5. The van der Waals surface area contributed by atoms with Crippen LogP contribution in [0.2, 0.25) is 0 Å². The normalized spacial score (nSPS) is 11.2. The molecule has 0 aliphatic heterocycles. The van der Waals surface area contributed by atoms with E-state index in [4.69, 9.17) is 0 Å². The molecule has 5 rings (SSSR count). The predicted molar refractivity (Wildman–Crippen MR) is 136 cm³/mol. The minimum Gasteiger partial charge on any atom is -0.355 e. The molecular formula is C26H20FN5O2S. The number of benzene rings is 3. The maximum atomic E-state index is 13.8. The van der Waals surface area contributed by atoms with E-state index in [1.165, 1.54) is 18.2 Å². The maximum absolute atomic E-state index is 13.8. The Labute approximate surface area is 201 Å². The van der Waals surface area contributed by atoms with Gasteiger partial charge in [-0.05, 0) is 72.8 Å². The molecular weight excluding hydrogens is 465 g/mol. The van der Waals surface area contributed by atoms with Gasteiger partial charge in [0.05, 0.1) is 16.1 Å². The molecule has 2 aromatic heterocycles. The SMILES string of the molecule is O=S(=O)(Nc1cccc(Nc2ccnc3ccc(F)cc23)c1)c1cccc(Nc2ccncc2)c1. The molecule has 0 bridgehead atoms. The molecule has 2 heterocycles. The summed E-state index contributed by atoms with van der Waals surface area (Å²) in [6, 6.07) is 23.1. The van der Waals surface area contributed by atoms with Crippen LogP contribution in [0.25, 0.3) is 10.9 Å². The van der Waals surface area contributed by atoms with Gasteiger partial charge in [0.15, 0.2) is 0 Å². The van der Waals surface area contributed by atoms with Gasteiger partial charge in [-0.3, -0.25) is 14.7 Å². The lowest BCUT2D eigenvalue weighted by Crippen LogP contribution is -2.13. The maximum Gasteiger partial charge on any atom is 0.261 e. The number of hydrogen-bond acceptors (Lipinski definition) is 6. The summed E-state index contributed by atoms with van der Waals surface area (Å²) in [6.45, 7) is 0. The second kappa shape index (κ2) is 9.40. The molecule has 0 fully saturated rings. The number of sulfonamides is 1. The van der Waals surface area contributed by atoms with Gasteiger partial charge in [0, 0.05) is 46.7 Å². The van der Waals surface area contributed by atoms with Gasteiger partial charge in [-0.25, -0.2) is 12.8 Å². The molecule has 0 atom stereocenters. The molecule has 0 unspecified atom stereocenters. The highest BCUT2D eigenvalue weighted by molar-refractivity contribution is 7.92. The topological polar surface area (TPSA) is 96.0 Å². The van der Waals surface area contributed by atoms with Crippen molar-refractivity contribution in [3.63, 3.8) is 0 Å². The fraction of sp³-hybridized carbons (Fsp3) is 0. The van der Waals surface area contributed by atoms with Crippen LogP contribution in [-0.2, 0) is 10.0 Å². The van der Waals surface area contributed by atoms with Crippen LogP contribution in [0.5, 0.6) is 0 Å². The molecule has 0 aliphatic carbocycles. The first-order valence-corrected chi connectivity index (χ1v) is 12.2. The predicted octanol–water partition coefficient (Wildman–Crippen LogP) is 6.06. The number of rotatable bonds is 7. The molecule has 0 saturated carbocycles. The molecule has 3 N–H and O–H groups in total. The van der Waals surface area contributed by atoms with Gasteiger partial charge < -0.3 is 10.6 Å². The van der Waals surface area contributed by atoms with Gasteiger partial charge >= 0.3 is 0 Å². The van der Waals surface area contributed by atoms with E-state index in [9.17, 15) is 12.8 Å². The summed E-state index contributed by atoms with van der Waals surface area (Å²) in [5, 5.41) is 7.00. The van der Waals surface area contributed by atoms with E-state index in [0.29, 0.717) is 33.7 Å². The van der Waals surface area contributed by atoms with Crippen LogP contribution < -0.4 is 15.4 Å². The Morgan fingerprint density at radius 1 is 0.686 bits per heavy atom. The van der Waals surface area contributed by atoms with Crippen molar-refractivity contribution in [1.82, 2.24) is 9.97 Å². The fourth-order valence-electron chi connectivity index (χ4n) is 3.60. The number of hydrogen-bond donors (Lipinski definition) is 3. The second-order valence-electron chi connectivity index (χ2n) is 7.72. The van der Waals surface area contributed by atoms with E-state index in [0.717, 1.165) is 5.69 Å². The molecule has 0 saturated heterocycles. The lowest BCUT2D eigenvalue weighted by atomic mass is 10.1. The highest BCUT2D eigenvalue weighted by Gasteiger charge is 2.15. The highest BCUT2D eigenvalue weighted by Crippen LogP contribution is 2.28. The fourth-order valence-corrected chi connectivity index (χ4v) is 4.70. The lowest BCUT2D eigenvalue weighted by molar-refractivity contribution is 0.601. The zero-order chi connectivity index (χ0) is 24.3. The lowest BCUT2D eigenvalue weighted by Gasteiger charge is -2.13. The molecule has 9 heteroatoms. The Hall–Kier alpha value is -4.50. The Morgan fingerprint density at radius 2 is 1.43 bits per heavy atom. The van der Waals surface area contributed by atoms with Crippen LogP contribution in [0.15, 0.2) is 108 Å². The first-order chi connectivity index (χ1) is 17.0. The van der Waals surface area contributed by atoms with Crippen molar-refractivity contribution < 1.29 is 12.8 Å². The van der Waals surface area contributed by atoms with Gasteiger partial charge in [0.2, 0.25) is 0 Å². The van der Waals surface area contributed by atoms with Crippen LogP contribution in [-0.4, -0.2) is 18.4 Å². The number of halogens is 1. The van der Waals surface area contributed by atoms with E-state index in [1.807, 2.05) is 0 Å². The third-order valence-electron chi connectivity index (χ3n) is 5.21. The van der Waals surface area contributed by atoms with Crippen LogP contribution in [0.4, 0.5) is 32.8 Å². The molecule has 174 valence electrons. The standard InChI is InChI=1S/C26H20FN5O2S/c27-18-7-8-25-24(15-18)26(11-14-29-25)31-20-3-1-5-22(16-20)32-35(33,34)23-6-2-4-21(17-23)30-19-9-12-28-13-10-19/h1-17,32H,(H,28,30)(H,29,31). The third-order valence-corrected chi connectivity index (χ3v) is 6.59. The van der Waals surface area contributed by atoms with Gasteiger partial charge in [0.1, 0.15) is 5.82 Å². The van der Waals surface area contributed by atoms with Crippen LogP contribution >= 0.6 is 0 Å². The second-order valence-corrected chi connectivity index (χ2v) is 9.40. The Kier molecular flexibility index (Phi) is 5.99. The van der Waals surface area contributed by atoms with Gasteiger partial charge in [-0.15, -0.1) is 0 Å². The van der Waals surface area contributed by atoms with Gasteiger partial charge in [-0.2, -0.15) is 0 Å². The summed E-state index contributed by atoms with van der Waals surface area (Å²) >= 11 is 0. The van der Waals surface area contributed by atoms with Crippen molar-refractivity contribution in [1.29, 1.82) is 0 Å². The van der Waals surface area contributed by atoms with E-state index in [2.05, 4.69) is 25.3 Å². The third kappa shape index (κ3) is 5.20. The van der Waals surface area contributed by atoms with Crippen LogP contribution in [0, 0.1) is 5.82 Å². The molecule has 0 radical (unpaired) electrons. The average Bonchev–Trinajstić information content (AvgIpc) is 2.85.